The van der Waals surface area contributed by atoms with Gasteiger partial charge in [-0.1, -0.05) is 20.8 Å². The van der Waals surface area contributed by atoms with E-state index in [-0.39, 0.29) is 5.91 Å². The Hall–Kier alpha value is -0.610. The van der Waals surface area contributed by atoms with E-state index in [0.717, 1.165) is 0 Å². The number of carbonyl (C=O) groups is 1. The molecule has 0 bridgehead atoms. The van der Waals surface area contributed by atoms with Crippen LogP contribution in [0.1, 0.15) is 27.7 Å². The number of nitrogens with two attached hydrogens (primary N) is 1. The first-order chi connectivity index (χ1) is 6.42. The molecule has 1 unspecified atom stereocenters. The molecule has 0 aromatic carbocycles. The molecule has 1 atom stereocenters. The van der Waals surface area contributed by atoms with Gasteiger partial charge in [0.1, 0.15) is 5.54 Å². The minimum absolute atomic E-state index is 0.328. The molecule has 0 spiro atoms. The van der Waals surface area contributed by atoms with Gasteiger partial charge in [0.15, 0.2) is 0 Å². The molecule has 0 saturated heterocycles. The third-order valence-electron chi connectivity index (χ3n) is 1.95. The van der Waals surface area contributed by atoms with Crippen molar-refractivity contribution in [1.29, 1.82) is 0 Å². The van der Waals surface area contributed by atoms with Crippen LogP contribution in [0, 0.1) is 5.92 Å². The van der Waals surface area contributed by atoms with Crippen LogP contribution >= 0.6 is 0 Å². The zero-order chi connectivity index (χ0) is 11.2. The maximum absolute atomic E-state index is 11.2. The van der Waals surface area contributed by atoms with E-state index in [1.807, 2.05) is 6.92 Å². The quantitative estimate of drug-likeness (QED) is 0.632. The molecule has 14 heavy (non-hydrogen) atoms. The third-order valence-corrected chi connectivity index (χ3v) is 1.95. The van der Waals surface area contributed by atoms with Gasteiger partial charge in [-0.2, -0.15) is 0 Å². The monoisotopic (exact) mass is 202 g/mol. The molecule has 3 N–H and O–H groups in total. The first kappa shape index (κ1) is 13.4. The molecule has 0 radical (unpaired) electrons. The summed E-state index contributed by atoms with van der Waals surface area (Å²) in [5.74, 6) is 0.0943. The van der Waals surface area contributed by atoms with Crippen molar-refractivity contribution >= 4 is 5.91 Å². The first-order valence-electron chi connectivity index (χ1n) is 5.05. The molecule has 0 aliphatic rings. The fourth-order valence-electron chi connectivity index (χ4n) is 1.10. The Morgan fingerprint density at radius 1 is 1.57 bits per heavy atom. The highest BCUT2D eigenvalue weighted by Crippen LogP contribution is 2.04. The fourth-order valence-corrected chi connectivity index (χ4v) is 1.10. The Labute approximate surface area is 86.2 Å². The van der Waals surface area contributed by atoms with Crippen LogP contribution in [0.4, 0.5) is 0 Å². The predicted octanol–water partition coefficient (Wildman–Crippen LogP) is 0.513. The van der Waals surface area contributed by atoms with Crippen molar-refractivity contribution in [3.05, 3.63) is 0 Å². The highest BCUT2D eigenvalue weighted by molar-refractivity contribution is 5.84. The highest BCUT2D eigenvalue weighted by atomic mass is 16.5. The summed E-state index contributed by atoms with van der Waals surface area (Å²) in [7, 11) is 0. The van der Waals surface area contributed by atoms with Crippen molar-refractivity contribution in [2.75, 3.05) is 19.8 Å². The molecule has 0 saturated carbocycles. The average Bonchev–Trinajstić information content (AvgIpc) is 2.03. The number of amides is 1. The third kappa shape index (κ3) is 4.58. The maximum Gasteiger partial charge on any atom is 0.239 e. The fraction of sp³-hybridized carbons (Fsp3) is 0.900. The molecule has 0 aliphatic carbocycles. The summed E-state index contributed by atoms with van der Waals surface area (Å²) in [5, 5.41) is 3.03. The maximum atomic E-state index is 11.2. The van der Waals surface area contributed by atoms with Crippen LogP contribution in [0.2, 0.25) is 0 Å². The van der Waals surface area contributed by atoms with Gasteiger partial charge >= 0.3 is 0 Å². The number of carbonyl (C=O) groups excluding carboxylic acids is 1. The number of ether oxygens (including phenoxy) is 1. The predicted molar refractivity (Wildman–Crippen MR) is 56.9 cm³/mol. The van der Waals surface area contributed by atoms with Crippen LogP contribution in [-0.4, -0.2) is 31.2 Å². The lowest BCUT2D eigenvalue weighted by Gasteiger charge is -2.27. The van der Waals surface area contributed by atoms with Crippen molar-refractivity contribution < 1.29 is 9.53 Å². The van der Waals surface area contributed by atoms with E-state index in [1.165, 1.54) is 0 Å². The molecule has 0 aliphatic heterocycles. The summed E-state index contributed by atoms with van der Waals surface area (Å²) < 4.78 is 5.41. The van der Waals surface area contributed by atoms with Crippen LogP contribution in [0.25, 0.3) is 0 Å². The molecular weight excluding hydrogens is 180 g/mol. The van der Waals surface area contributed by atoms with E-state index in [4.69, 9.17) is 10.5 Å². The van der Waals surface area contributed by atoms with Gasteiger partial charge in [0.25, 0.3) is 0 Å². The normalized spacial score (nSPS) is 15.5. The molecular formula is C10H22N2O2. The average molecular weight is 202 g/mol. The number of nitrogens with one attached hydrogen (secondary N) is 1. The summed E-state index contributed by atoms with van der Waals surface area (Å²) in [5.41, 5.74) is 4.55. The van der Waals surface area contributed by atoms with Gasteiger partial charge in [-0.3, -0.25) is 4.79 Å². The number of rotatable bonds is 7. The smallest absolute Gasteiger partial charge is 0.239 e. The van der Waals surface area contributed by atoms with E-state index in [1.54, 1.807) is 6.92 Å². The summed E-state index contributed by atoms with van der Waals surface area (Å²) in [6.07, 6.45) is 0. The van der Waals surface area contributed by atoms with Crippen molar-refractivity contribution in [3.8, 4) is 0 Å². The zero-order valence-electron chi connectivity index (χ0n) is 9.59. The molecule has 0 rings (SSSR count). The second kappa shape index (κ2) is 5.98. The van der Waals surface area contributed by atoms with E-state index in [0.29, 0.717) is 25.7 Å². The molecule has 4 nitrogen and oxygen atoms in total. The molecule has 0 fully saturated rings. The molecule has 0 aromatic rings. The van der Waals surface area contributed by atoms with Crippen LogP contribution < -0.4 is 11.1 Å². The number of hydrogen-bond donors (Lipinski definition) is 2. The van der Waals surface area contributed by atoms with E-state index < -0.39 is 5.54 Å². The van der Waals surface area contributed by atoms with Gasteiger partial charge in [0.05, 0.1) is 6.61 Å². The molecule has 1 amide bonds. The van der Waals surface area contributed by atoms with Crippen LogP contribution in [0.15, 0.2) is 0 Å². The van der Waals surface area contributed by atoms with E-state index in [2.05, 4.69) is 19.2 Å². The number of hydrogen-bond acceptors (Lipinski definition) is 3. The van der Waals surface area contributed by atoms with Gasteiger partial charge < -0.3 is 15.8 Å². The second-order valence-electron chi connectivity index (χ2n) is 4.14. The summed E-state index contributed by atoms with van der Waals surface area (Å²) in [6, 6.07) is 0. The Kier molecular flexibility index (Phi) is 5.72. The van der Waals surface area contributed by atoms with Crippen molar-refractivity contribution in [2.45, 2.75) is 33.2 Å². The molecule has 0 heterocycles. The molecule has 84 valence electrons. The summed E-state index contributed by atoms with van der Waals surface area (Å²) in [6.45, 7) is 9.50. The van der Waals surface area contributed by atoms with Gasteiger partial charge in [-0.25, -0.2) is 0 Å². The van der Waals surface area contributed by atoms with Crippen LogP contribution in [0.5, 0.6) is 0 Å². The van der Waals surface area contributed by atoms with Gasteiger partial charge in [-0.15, -0.1) is 0 Å². The Morgan fingerprint density at radius 2 is 2.14 bits per heavy atom. The van der Waals surface area contributed by atoms with Gasteiger partial charge in [0, 0.05) is 6.61 Å². The van der Waals surface area contributed by atoms with Crippen molar-refractivity contribution in [2.24, 2.45) is 11.7 Å². The van der Waals surface area contributed by atoms with E-state index >= 15 is 0 Å². The highest BCUT2D eigenvalue weighted by Gasteiger charge is 2.30. The molecule has 4 heteroatoms. The Morgan fingerprint density at radius 3 is 2.50 bits per heavy atom. The lowest BCUT2D eigenvalue weighted by molar-refractivity contribution is -0.126. The minimum atomic E-state index is -0.746. The van der Waals surface area contributed by atoms with Gasteiger partial charge in [-0.05, 0) is 19.4 Å². The number of primary amides is 1. The zero-order valence-corrected chi connectivity index (χ0v) is 9.59. The number of likely N-dealkylation sites (N-methyl/N-ethyl adjacent to an activating group) is 1. The SMILES string of the molecule is CCNC(C)(COCC(C)C)C(N)=O. The topological polar surface area (TPSA) is 64.3 Å². The van der Waals surface area contributed by atoms with E-state index in [9.17, 15) is 4.79 Å². The van der Waals surface area contributed by atoms with Gasteiger partial charge in [0.2, 0.25) is 5.91 Å². The minimum Gasteiger partial charge on any atom is -0.379 e. The Bertz CT molecular complexity index is 183. The van der Waals surface area contributed by atoms with Crippen LogP contribution in [0.3, 0.4) is 0 Å². The largest absolute Gasteiger partial charge is 0.379 e. The first-order valence-corrected chi connectivity index (χ1v) is 5.05. The van der Waals surface area contributed by atoms with Crippen molar-refractivity contribution in [1.82, 2.24) is 5.32 Å². The summed E-state index contributed by atoms with van der Waals surface area (Å²) in [4.78, 5) is 11.2. The standard InChI is InChI=1S/C10H22N2O2/c1-5-12-10(4,9(11)13)7-14-6-8(2)3/h8,12H,5-7H2,1-4H3,(H2,11,13). The lowest BCUT2D eigenvalue weighted by atomic mass is 10.0. The van der Waals surface area contributed by atoms with Crippen molar-refractivity contribution in [3.63, 3.8) is 0 Å². The second-order valence-corrected chi connectivity index (χ2v) is 4.14. The Balaban J connectivity index is 4.03. The summed E-state index contributed by atoms with van der Waals surface area (Å²) >= 11 is 0. The molecule has 0 aromatic heterocycles. The lowest BCUT2D eigenvalue weighted by Crippen LogP contribution is -2.56. The van der Waals surface area contributed by atoms with Crippen LogP contribution in [-0.2, 0) is 9.53 Å².